The number of nitrogens with two attached hydrogens (primary N) is 1. The van der Waals surface area contributed by atoms with Crippen LogP contribution >= 0.6 is 0 Å². The molecule has 1 fully saturated rings. The molecule has 1 saturated carbocycles. The largest absolute Gasteiger partial charge is 0.489 e. The first-order valence-electron chi connectivity index (χ1n) is 7.22. The molecule has 3 heteroatoms. The minimum absolute atomic E-state index is 0.161. The zero-order chi connectivity index (χ0) is 14.1. The summed E-state index contributed by atoms with van der Waals surface area (Å²) in [6.45, 7) is 8.65. The number of hydrogen-bond donors (Lipinski definition) is 1. The summed E-state index contributed by atoms with van der Waals surface area (Å²) in [6, 6.07) is 2.06. The lowest BCUT2D eigenvalue weighted by Gasteiger charge is -2.42. The molecule has 1 heterocycles. The van der Waals surface area contributed by atoms with E-state index in [2.05, 4.69) is 24.9 Å². The molecule has 106 valence electrons. The van der Waals surface area contributed by atoms with Crippen molar-refractivity contribution < 1.29 is 4.74 Å². The van der Waals surface area contributed by atoms with E-state index in [1.54, 1.807) is 6.20 Å². The van der Waals surface area contributed by atoms with Crippen molar-refractivity contribution in [1.82, 2.24) is 4.98 Å². The zero-order valence-electron chi connectivity index (χ0n) is 12.6. The molecule has 0 saturated heterocycles. The van der Waals surface area contributed by atoms with Crippen molar-refractivity contribution >= 4 is 0 Å². The predicted octanol–water partition coefficient (Wildman–Crippen LogP) is 3.62. The van der Waals surface area contributed by atoms with Gasteiger partial charge >= 0.3 is 0 Å². The van der Waals surface area contributed by atoms with Crippen molar-refractivity contribution in [3.05, 3.63) is 24.0 Å². The molecule has 19 heavy (non-hydrogen) atoms. The van der Waals surface area contributed by atoms with Gasteiger partial charge in [-0.25, -0.2) is 0 Å². The standard InChI is InChI=1S/C16H26N2O/c1-12(2)19-14-8-13(9-18-10-14)16(17)7-5-6-15(3,4)11-16/h8-10,12H,5-7,11,17H2,1-4H3. The number of aromatic nitrogens is 1. The molecule has 3 nitrogen and oxygen atoms in total. The van der Waals surface area contributed by atoms with E-state index >= 15 is 0 Å². The first-order valence-corrected chi connectivity index (χ1v) is 7.22. The Morgan fingerprint density at radius 3 is 2.63 bits per heavy atom. The highest BCUT2D eigenvalue weighted by atomic mass is 16.5. The van der Waals surface area contributed by atoms with Crippen LogP contribution in [0.2, 0.25) is 0 Å². The van der Waals surface area contributed by atoms with Crippen LogP contribution in [0.15, 0.2) is 18.5 Å². The van der Waals surface area contributed by atoms with Crippen molar-refractivity contribution in [2.75, 3.05) is 0 Å². The third-order valence-electron chi connectivity index (χ3n) is 3.93. The van der Waals surface area contributed by atoms with Crippen molar-refractivity contribution in [2.24, 2.45) is 11.1 Å². The smallest absolute Gasteiger partial charge is 0.138 e. The molecule has 1 unspecified atom stereocenters. The van der Waals surface area contributed by atoms with Crippen LogP contribution in [-0.2, 0) is 5.54 Å². The zero-order valence-corrected chi connectivity index (χ0v) is 12.6. The molecule has 0 radical (unpaired) electrons. The second-order valence-corrected chi connectivity index (χ2v) is 6.93. The van der Waals surface area contributed by atoms with Gasteiger partial charge in [0.1, 0.15) is 5.75 Å². The van der Waals surface area contributed by atoms with E-state index in [0.29, 0.717) is 5.41 Å². The summed E-state index contributed by atoms with van der Waals surface area (Å²) in [5.74, 6) is 0.820. The average molecular weight is 262 g/mol. The summed E-state index contributed by atoms with van der Waals surface area (Å²) in [6.07, 6.45) is 8.29. The van der Waals surface area contributed by atoms with Crippen molar-refractivity contribution in [3.8, 4) is 5.75 Å². The molecule has 0 aliphatic heterocycles. The van der Waals surface area contributed by atoms with Crippen LogP contribution in [0.25, 0.3) is 0 Å². The van der Waals surface area contributed by atoms with Crippen LogP contribution in [0.4, 0.5) is 0 Å². The monoisotopic (exact) mass is 262 g/mol. The molecule has 1 aliphatic carbocycles. The van der Waals surface area contributed by atoms with Gasteiger partial charge in [0.05, 0.1) is 12.3 Å². The lowest BCUT2D eigenvalue weighted by atomic mass is 9.66. The van der Waals surface area contributed by atoms with Crippen LogP contribution in [0.3, 0.4) is 0 Å². The quantitative estimate of drug-likeness (QED) is 0.905. The first kappa shape index (κ1) is 14.3. The number of pyridine rings is 1. The Kier molecular flexibility index (Phi) is 3.86. The van der Waals surface area contributed by atoms with E-state index in [9.17, 15) is 0 Å². The van der Waals surface area contributed by atoms with Crippen LogP contribution < -0.4 is 10.5 Å². The second kappa shape index (κ2) is 5.12. The molecule has 1 aromatic rings. The molecule has 2 rings (SSSR count). The molecule has 0 aromatic carbocycles. The highest BCUT2D eigenvalue weighted by molar-refractivity contribution is 5.30. The third kappa shape index (κ3) is 3.47. The Bertz CT molecular complexity index is 442. The Hall–Kier alpha value is -1.09. The fourth-order valence-corrected chi connectivity index (χ4v) is 3.19. The Balaban J connectivity index is 2.25. The van der Waals surface area contributed by atoms with Gasteiger partial charge in [0.15, 0.2) is 0 Å². The molecule has 0 amide bonds. The molecule has 1 aromatic heterocycles. The first-order chi connectivity index (χ1) is 8.81. The van der Waals surface area contributed by atoms with Gasteiger partial charge in [-0.15, -0.1) is 0 Å². The molecular formula is C16H26N2O. The van der Waals surface area contributed by atoms with Crippen LogP contribution in [0.1, 0.15) is 58.9 Å². The number of hydrogen-bond acceptors (Lipinski definition) is 3. The normalized spacial score (nSPS) is 26.4. The van der Waals surface area contributed by atoms with Gasteiger partial charge in [0.25, 0.3) is 0 Å². The number of ether oxygens (including phenoxy) is 1. The summed E-state index contributed by atoms with van der Waals surface area (Å²) < 4.78 is 5.72. The maximum atomic E-state index is 6.66. The van der Waals surface area contributed by atoms with Gasteiger partial charge in [-0.2, -0.15) is 0 Å². The topological polar surface area (TPSA) is 48.1 Å². The molecule has 1 aliphatic rings. The second-order valence-electron chi connectivity index (χ2n) is 6.93. The lowest BCUT2D eigenvalue weighted by molar-refractivity contribution is 0.150. The van der Waals surface area contributed by atoms with E-state index in [4.69, 9.17) is 10.5 Å². The van der Waals surface area contributed by atoms with Gasteiger partial charge in [-0.1, -0.05) is 20.3 Å². The summed E-state index contributed by atoms with van der Waals surface area (Å²) in [5, 5.41) is 0. The van der Waals surface area contributed by atoms with E-state index in [0.717, 1.165) is 24.2 Å². The summed E-state index contributed by atoms with van der Waals surface area (Å²) in [4.78, 5) is 4.30. The van der Waals surface area contributed by atoms with Crippen LogP contribution in [-0.4, -0.2) is 11.1 Å². The molecule has 1 atom stereocenters. The maximum absolute atomic E-state index is 6.66. The Morgan fingerprint density at radius 1 is 1.26 bits per heavy atom. The van der Waals surface area contributed by atoms with Gasteiger partial charge in [-0.05, 0) is 50.2 Å². The summed E-state index contributed by atoms with van der Waals surface area (Å²) >= 11 is 0. The van der Waals surface area contributed by atoms with E-state index < -0.39 is 0 Å². The van der Waals surface area contributed by atoms with Crippen molar-refractivity contribution in [1.29, 1.82) is 0 Å². The van der Waals surface area contributed by atoms with Gasteiger partial charge < -0.3 is 10.5 Å². The molecule has 2 N–H and O–H groups in total. The fourth-order valence-electron chi connectivity index (χ4n) is 3.19. The highest BCUT2D eigenvalue weighted by Gasteiger charge is 2.38. The highest BCUT2D eigenvalue weighted by Crippen LogP contribution is 2.44. The minimum Gasteiger partial charge on any atom is -0.489 e. The van der Waals surface area contributed by atoms with E-state index in [-0.39, 0.29) is 11.6 Å². The van der Waals surface area contributed by atoms with Gasteiger partial charge in [0, 0.05) is 11.7 Å². The Morgan fingerprint density at radius 2 is 2.00 bits per heavy atom. The van der Waals surface area contributed by atoms with E-state index in [1.807, 2.05) is 20.0 Å². The number of rotatable bonds is 3. The predicted molar refractivity (Wildman–Crippen MR) is 78.1 cm³/mol. The number of nitrogens with zero attached hydrogens (tertiary/aromatic N) is 1. The van der Waals surface area contributed by atoms with Gasteiger partial charge in [0.2, 0.25) is 0 Å². The average Bonchev–Trinajstić information content (AvgIpc) is 2.26. The Labute approximate surface area is 116 Å². The fraction of sp³-hybridized carbons (Fsp3) is 0.688. The minimum atomic E-state index is -0.259. The van der Waals surface area contributed by atoms with Crippen molar-refractivity contribution in [2.45, 2.75) is 65.0 Å². The third-order valence-corrected chi connectivity index (χ3v) is 3.93. The maximum Gasteiger partial charge on any atom is 0.138 e. The lowest BCUT2D eigenvalue weighted by Crippen LogP contribution is -2.44. The summed E-state index contributed by atoms with van der Waals surface area (Å²) in [5.41, 5.74) is 7.82. The van der Waals surface area contributed by atoms with E-state index in [1.165, 1.54) is 12.8 Å². The van der Waals surface area contributed by atoms with Gasteiger partial charge in [-0.3, -0.25) is 4.98 Å². The molecule has 0 spiro atoms. The van der Waals surface area contributed by atoms with Crippen LogP contribution in [0, 0.1) is 5.41 Å². The summed E-state index contributed by atoms with van der Waals surface area (Å²) in [7, 11) is 0. The van der Waals surface area contributed by atoms with Crippen molar-refractivity contribution in [3.63, 3.8) is 0 Å². The molecule has 0 bridgehead atoms. The molecular weight excluding hydrogens is 236 g/mol. The SMILES string of the molecule is CC(C)Oc1cncc(C2(N)CCCC(C)(C)C2)c1. The van der Waals surface area contributed by atoms with Crippen LogP contribution in [0.5, 0.6) is 5.75 Å².